The third-order valence-corrected chi connectivity index (χ3v) is 10.5. The molecular formula is C28H39N10O9P. The van der Waals surface area contributed by atoms with Crippen molar-refractivity contribution in [3.63, 3.8) is 0 Å². The Bertz CT molecular complexity index is 1820. The van der Waals surface area contributed by atoms with Crippen LogP contribution < -0.4 is 17.0 Å². The van der Waals surface area contributed by atoms with Crippen LogP contribution in [0.2, 0.25) is 0 Å². The van der Waals surface area contributed by atoms with Crippen LogP contribution in [0, 0.1) is 5.92 Å². The van der Waals surface area contributed by atoms with E-state index in [9.17, 15) is 14.7 Å². The molecule has 2 aliphatic rings. The molecule has 4 unspecified atom stereocenters. The van der Waals surface area contributed by atoms with E-state index in [1.54, 1.807) is 22.6 Å². The number of fused-ring (bicyclic) bond motifs is 2. The van der Waals surface area contributed by atoms with Gasteiger partial charge in [-0.2, -0.15) is 4.98 Å². The van der Waals surface area contributed by atoms with Crippen molar-refractivity contribution in [2.75, 3.05) is 31.8 Å². The molecule has 4 aromatic heterocycles. The summed E-state index contributed by atoms with van der Waals surface area (Å²) in [5.41, 5.74) is 12.5. The first-order chi connectivity index (χ1) is 23.0. The van der Waals surface area contributed by atoms with Gasteiger partial charge >= 0.3 is 5.97 Å². The minimum Gasteiger partial charge on any atom is -0.480 e. The average molecular weight is 691 g/mol. The van der Waals surface area contributed by atoms with Crippen LogP contribution in [0.3, 0.4) is 0 Å². The lowest BCUT2D eigenvalue weighted by Crippen LogP contribution is -2.35. The molecule has 2 fully saturated rings. The molecule has 4 aromatic rings. The highest BCUT2D eigenvalue weighted by Gasteiger charge is 2.48. The maximum atomic E-state index is 12.5. The van der Waals surface area contributed by atoms with Crippen molar-refractivity contribution in [3.8, 4) is 0 Å². The topological polar surface area (TPSA) is 263 Å². The van der Waals surface area contributed by atoms with E-state index >= 15 is 0 Å². The number of carboxylic acid groups (broad SMARTS) is 1. The van der Waals surface area contributed by atoms with Crippen molar-refractivity contribution in [2.45, 2.75) is 82.1 Å². The second kappa shape index (κ2) is 13.9. The van der Waals surface area contributed by atoms with Gasteiger partial charge in [0.2, 0.25) is 5.95 Å². The molecule has 9 atom stereocenters. The molecule has 0 aromatic carbocycles. The fourth-order valence-electron chi connectivity index (χ4n) is 6.40. The monoisotopic (exact) mass is 690 g/mol. The van der Waals surface area contributed by atoms with Crippen LogP contribution in [0.1, 0.15) is 45.9 Å². The number of methoxy groups -OCH3 is 1. The number of aliphatic hydroxyl groups excluding tert-OH is 1. The summed E-state index contributed by atoms with van der Waals surface area (Å²) in [6.07, 6.45) is 1.39. The fraction of sp³-hybridized carbons (Fsp3) is 0.607. The SMILES string of the molecule is CO[C@@H]1C([C@H](C)OP(O[C@@H]2CC(COCC(=O)O)OC2n2cnc3c(=O)[nH]c(N)nc32)C(C)C)C[C@@H](n2cnc3c(N)ncnc32)[C@@H]1O. The molecule has 0 bridgehead atoms. The number of anilines is 2. The number of carbonyl (C=O) groups is 1. The lowest BCUT2D eigenvalue weighted by atomic mass is 9.99. The van der Waals surface area contributed by atoms with Crippen molar-refractivity contribution in [3.05, 3.63) is 29.3 Å². The van der Waals surface area contributed by atoms with Gasteiger partial charge in [-0.05, 0) is 13.3 Å². The number of hydrogen-bond donors (Lipinski definition) is 5. The van der Waals surface area contributed by atoms with Gasteiger partial charge < -0.3 is 49.5 Å². The predicted molar refractivity (Wildman–Crippen MR) is 171 cm³/mol. The minimum absolute atomic E-state index is 0.00131. The molecule has 7 N–H and O–H groups in total. The largest absolute Gasteiger partial charge is 0.480 e. The summed E-state index contributed by atoms with van der Waals surface area (Å²) in [6, 6.07) is -0.409. The molecule has 20 heteroatoms. The summed E-state index contributed by atoms with van der Waals surface area (Å²) in [5.74, 6) is -1.17. The number of ether oxygens (including phenoxy) is 3. The highest BCUT2D eigenvalue weighted by atomic mass is 31.2. The third kappa shape index (κ3) is 6.58. The number of hydrogen-bond acceptors (Lipinski definition) is 15. The summed E-state index contributed by atoms with van der Waals surface area (Å²) < 4.78 is 34.1. The zero-order valence-corrected chi connectivity index (χ0v) is 27.6. The number of carboxylic acids is 1. The lowest BCUT2D eigenvalue weighted by Gasteiger charge is -2.32. The van der Waals surface area contributed by atoms with Gasteiger partial charge in [0.25, 0.3) is 5.56 Å². The van der Waals surface area contributed by atoms with E-state index in [1.165, 1.54) is 12.7 Å². The number of nitrogens with one attached hydrogen (secondary N) is 1. The summed E-state index contributed by atoms with van der Waals surface area (Å²) >= 11 is 0. The van der Waals surface area contributed by atoms with Crippen LogP contribution in [-0.2, 0) is 28.1 Å². The molecule has 5 heterocycles. The van der Waals surface area contributed by atoms with Crippen molar-refractivity contribution in [1.29, 1.82) is 0 Å². The number of aliphatic carboxylic acids is 1. The van der Waals surface area contributed by atoms with Gasteiger partial charge in [0.1, 0.15) is 30.7 Å². The van der Waals surface area contributed by atoms with E-state index in [4.69, 9.17) is 39.8 Å². The Morgan fingerprint density at radius 1 is 1.12 bits per heavy atom. The standard InChI is InChI=1S/C28H39N10O9P/c1-12(2)48(46-13(3)15-6-16(21(41)22(15)43-4)37-10-33-19-23(29)31-9-32-24(19)37)47-17-5-14(7-44-8-18(39)40)45-27(17)38-11-34-20-25(38)35-28(30)36-26(20)42/h9-17,21-22,27,41H,5-8H2,1-4H3,(H,39,40)(H2,29,31,32)(H3,30,35,36,42)/t13-,14?,15?,16+,17+,21-,22+,27?,48?/m0/s1. The van der Waals surface area contributed by atoms with Crippen molar-refractivity contribution in [2.24, 2.45) is 5.92 Å². The Morgan fingerprint density at radius 3 is 2.60 bits per heavy atom. The number of nitrogens with zero attached hydrogens (tertiary/aromatic N) is 7. The molecule has 1 aliphatic heterocycles. The smallest absolute Gasteiger partial charge is 0.329 e. The second-order valence-electron chi connectivity index (χ2n) is 12.1. The second-order valence-corrected chi connectivity index (χ2v) is 14.2. The number of aromatic amines is 1. The average Bonchev–Trinajstić information content (AvgIpc) is 3.81. The molecule has 1 saturated heterocycles. The van der Waals surface area contributed by atoms with Crippen LogP contribution in [-0.4, -0.2) is 112 Å². The Labute approximate surface area is 274 Å². The molecule has 0 radical (unpaired) electrons. The summed E-state index contributed by atoms with van der Waals surface area (Å²) in [6.45, 7) is 5.39. The Hall–Kier alpha value is -3.84. The number of aliphatic hydroxyl groups is 1. The highest BCUT2D eigenvalue weighted by Crippen LogP contribution is 2.52. The van der Waals surface area contributed by atoms with E-state index in [1.807, 2.05) is 20.8 Å². The van der Waals surface area contributed by atoms with Gasteiger partial charge in [0, 0.05) is 25.1 Å². The minimum atomic E-state index is -1.57. The van der Waals surface area contributed by atoms with E-state index < -0.39 is 69.3 Å². The number of rotatable bonds is 13. The van der Waals surface area contributed by atoms with Gasteiger partial charge in [-0.25, -0.2) is 24.7 Å². The first-order valence-electron chi connectivity index (χ1n) is 15.4. The Balaban J connectivity index is 1.22. The third-order valence-electron chi connectivity index (χ3n) is 8.62. The van der Waals surface area contributed by atoms with Gasteiger partial charge in [0.15, 0.2) is 37.2 Å². The molecular weight excluding hydrogens is 651 g/mol. The molecule has 6 rings (SSSR count). The lowest BCUT2D eigenvalue weighted by molar-refractivity contribution is -0.144. The highest BCUT2D eigenvalue weighted by molar-refractivity contribution is 7.48. The number of aromatic nitrogens is 8. The van der Waals surface area contributed by atoms with Crippen LogP contribution in [0.5, 0.6) is 0 Å². The van der Waals surface area contributed by atoms with Crippen molar-refractivity contribution >= 4 is 48.4 Å². The van der Waals surface area contributed by atoms with Crippen molar-refractivity contribution in [1.82, 2.24) is 39.0 Å². The molecule has 1 aliphatic carbocycles. The fourth-order valence-corrected chi connectivity index (χ4v) is 7.88. The summed E-state index contributed by atoms with van der Waals surface area (Å²) in [7, 11) is -0.0181. The number of nitrogen functional groups attached to an aromatic ring is 2. The number of nitrogens with two attached hydrogens (primary N) is 2. The van der Waals surface area contributed by atoms with Gasteiger partial charge in [-0.3, -0.25) is 14.3 Å². The zero-order chi connectivity index (χ0) is 34.3. The summed E-state index contributed by atoms with van der Waals surface area (Å²) in [4.78, 5) is 47.2. The van der Waals surface area contributed by atoms with Gasteiger partial charge in [-0.1, -0.05) is 13.8 Å². The summed E-state index contributed by atoms with van der Waals surface area (Å²) in [5, 5.41) is 20.4. The van der Waals surface area contributed by atoms with E-state index in [2.05, 4.69) is 29.9 Å². The van der Waals surface area contributed by atoms with Crippen LogP contribution in [0.4, 0.5) is 11.8 Å². The van der Waals surface area contributed by atoms with Crippen LogP contribution >= 0.6 is 8.38 Å². The maximum absolute atomic E-state index is 12.5. The van der Waals surface area contributed by atoms with Gasteiger partial charge in [0.05, 0.1) is 43.6 Å². The Morgan fingerprint density at radius 2 is 1.88 bits per heavy atom. The zero-order valence-electron chi connectivity index (χ0n) is 26.7. The number of H-pyrrole nitrogens is 1. The number of imidazole rings is 2. The van der Waals surface area contributed by atoms with Crippen molar-refractivity contribution < 1.29 is 38.3 Å². The first kappa shape index (κ1) is 34.0. The normalized spacial score (nSPS) is 27.3. The molecule has 19 nitrogen and oxygen atoms in total. The molecule has 1 saturated carbocycles. The molecule has 0 spiro atoms. The van der Waals surface area contributed by atoms with E-state index in [-0.39, 0.29) is 41.1 Å². The van der Waals surface area contributed by atoms with Crippen LogP contribution in [0.25, 0.3) is 22.3 Å². The first-order valence-corrected chi connectivity index (χ1v) is 16.6. The van der Waals surface area contributed by atoms with E-state index in [0.717, 1.165) is 0 Å². The van der Waals surface area contributed by atoms with Gasteiger partial charge in [-0.15, -0.1) is 0 Å². The molecule has 48 heavy (non-hydrogen) atoms. The molecule has 0 amide bonds. The molecule has 260 valence electrons. The Kier molecular flexibility index (Phi) is 9.89. The quantitative estimate of drug-likeness (QED) is 0.122. The maximum Gasteiger partial charge on any atom is 0.329 e. The van der Waals surface area contributed by atoms with Crippen LogP contribution in [0.15, 0.2) is 23.8 Å². The predicted octanol–water partition coefficient (Wildman–Crippen LogP) is 0.960. The van der Waals surface area contributed by atoms with E-state index in [0.29, 0.717) is 24.0 Å².